The Hall–Kier alpha value is -0.0800. The molecule has 2 heteroatoms. The monoisotopic (exact) mass is 187 g/mol. The van der Waals surface area contributed by atoms with Crippen LogP contribution in [0.25, 0.3) is 0 Å². The summed E-state index contributed by atoms with van der Waals surface area (Å²) in [6.07, 6.45) is 2.09. The highest BCUT2D eigenvalue weighted by Crippen LogP contribution is 2.25. The van der Waals surface area contributed by atoms with Gasteiger partial charge in [-0.3, -0.25) is 0 Å². The maximum absolute atomic E-state index is 6.18. The number of hydrogen-bond acceptors (Lipinski definition) is 2. The molecule has 2 N–H and O–H groups in total. The van der Waals surface area contributed by atoms with Crippen molar-refractivity contribution in [3.63, 3.8) is 0 Å². The van der Waals surface area contributed by atoms with Crippen molar-refractivity contribution in [3.05, 3.63) is 0 Å². The van der Waals surface area contributed by atoms with E-state index >= 15 is 0 Å². The van der Waals surface area contributed by atoms with Crippen LogP contribution in [0.2, 0.25) is 0 Å². The average Bonchev–Trinajstić information content (AvgIpc) is 2.15. The van der Waals surface area contributed by atoms with Gasteiger partial charge in [-0.25, -0.2) is 0 Å². The predicted molar refractivity (Wildman–Crippen MR) is 57.8 cm³/mol. The molecule has 0 bridgehead atoms. The number of hydrogen-bond donors (Lipinski definition) is 1. The van der Waals surface area contributed by atoms with Crippen LogP contribution >= 0.6 is 0 Å². The third kappa shape index (κ3) is 3.28. The van der Waals surface area contributed by atoms with Crippen molar-refractivity contribution in [3.8, 4) is 0 Å². The van der Waals surface area contributed by atoms with Crippen molar-refractivity contribution in [2.75, 3.05) is 6.61 Å². The van der Waals surface area contributed by atoms with Crippen LogP contribution in [0.3, 0.4) is 0 Å². The van der Waals surface area contributed by atoms with Crippen molar-refractivity contribution < 1.29 is 4.74 Å². The topological polar surface area (TPSA) is 35.2 Å². The Kier molecular flexibility index (Phi) is 5.57. The van der Waals surface area contributed by atoms with Gasteiger partial charge in [-0.1, -0.05) is 27.2 Å². The molecule has 2 nitrogen and oxygen atoms in total. The van der Waals surface area contributed by atoms with Crippen molar-refractivity contribution in [2.45, 2.75) is 59.1 Å². The summed E-state index contributed by atoms with van der Waals surface area (Å²) >= 11 is 0. The van der Waals surface area contributed by atoms with Gasteiger partial charge in [0.15, 0.2) is 0 Å². The van der Waals surface area contributed by atoms with Crippen LogP contribution in [-0.4, -0.2) is 18.2 Å². The zero-order valence-corrected chi connectivity index (χ0v) is 9.76. The Balaban J connectivity index is 4.35. The van der Waals surface area contributed by atoms with Crippen LogP contribution in [0.1, 0.15) is 47.5 Å². The minimum atomic E-state index is -0.149. The summed E-state index contributed by atoms with van der Waals surface area (Å²) in [7, 11) is 0. The molecule has 0 spiro atoms. The van der Waals surface area contributed by atoms with Gasteiger partial charge in [0.1, 0.15) is 0 Å². The first-order valence-electron chi connectivity index (χ1n) is 5.41. The molecular formula is C11H25NO. The van der Waals surface area contributed by atoms with E-state index in [0.717, 1.165) is 19.4 Å². The maximum atomic E-state index is 6.18. The predicted octanol–water partition coefficient (Wildman–Crippen LogP) is 2.57. The summed E-state index contributed by atoms with van der Waals surface area (Å²) in [5.74, 6) is 0.525. The molecule has 0 rings (SSSR count). The van der Waals surface area contributed by atoms with Crippen molar-refractivity contribution in [1.29, 1.82) is 0 Å². The molecule has 0 aliphatic heterocycles. The van der Waals surface area contributed by atoms with Crippen molar-refractivity contribution in [1.82, 2.24) is 0 Å². The average molecular weight is 187 g/mol. The van der Waals surface area contributed by atoms with E-state index < -0.39 is 0 Å². The van der Waals surface area contributed by atoms with Gasteiger partial charge in [-0.15, -0.1) is 0 Å². The molecule has 0 saturated carbocycles. The molecule has 0 aromatic carbocycles. The molecular weight excluding hydrogens is 162 g/mol. The molecule has 80 valence electrons. The maximum Gasteiger partial charge on any atom is 0.0804 e. The van der Waals surface area contributed by atoms with E-state index in [0.29, 0.717) is 5.92 Å². The van der Waals surface area contributed by atoms with Crippen molar-refractivity contribution >= 4 is 0 Å². The third-order valence-electron chi connectivity index (χ3n) is 3.14. The summed E-state index contributed by atoms with van der Waals surface area (Å²) in [4.78, 5) is 0. The van der Waals surface area contributed by atoms with Gasteiger partial charge in [0.25, 0.3) is 0 Å². The van der Waals surface area contributed by atoms with E-state index in [4.69, 9.17) is 10.5 Å². The molecule has 0 heterocycles. The highest BCUT2D eigenvalue weighted by atomic mass is 16.5. The first kappa shape index (κ1) is 12.9. The highest BCUT2D eigenvalue weighted by Gasteiger charge is 2.33. The summed E-state index contributed by atoms with van der Waals surface area (Å²) in [6, 6.07) is 0.141. The zero-order chi connectivity index (χ0) is 10.5. The van der Waals surface area contributed by atoms with Crippen LogP contribution in [0.4, 0.5) is 0 Å². The largest absolute Gasteiger partial charge is 0.374 e. The highest BCUT2D eigenvalue weighted by molar-refractivity contribution is 4.88. The van der Waals surface area contributed by atoms with E-state index in [2.05, 4.69) is 27.7 Å². The lowest BCUT2D eigenvalue weighted by atomic mass is 9.84. The molecule has 0 saturated heterocycles. The van der Waals surface area contributed by atoms with Crippen molar-refractivity contribution in [2.24, 2.45) is 11.7 Å². The fraction of sp³-hybridized carbons (Fsp3) is 1.00. The van der Waals surface area contributed by atoms with Gasteiger partial charge in [0, 0.05) is 12.6 Å². The molecule has 0 radical (unpaired) electrons. The molecule has 0 aliphatic carbocycles. The lowest BCUT2D eigenvalue weighted by molar-refractivity contribution is -0.0578. The van der Waals surface area contributed by atoms with Gasteiger partial charge in [-0.05, 0) is 26.2 Å². The molecule has 0 aromatic rings. The zero-order valence-electron chi connectivity index (χ0n) is 9.76. The van der Waals surface area contributed by atoms with E-state index in [1.807, 2.05) is 6.92 Å². The van der Waals surface area contributed by atoms with Crippen LogP contribution in [0.15, 0.2) is 0 Å². The normalized spacial score (nSPS) is 20.8. The summed E-state index contributed by atoms with van der Waals surface area (Å²) < 4.78 is 5.74. The van der Waals surface area contributed by atoms with Gasteiger partial charge >= 0.3 is 0 Å². The third-order valence-corrected chi connectivity index (χ3v) is 3.14. The Bertz CT molecular complexity index is 138. The second kappa shape index (κ2) is 5.61. The molecule has 0 aliphatic rings. The fourth-order valence-corrected chi connectivity index (χ4v) is 1.62. The van der Waals surface area contributed by atoms with Crippen LogP contribution in [-0.2, 0) is 4.74 Å². The lowest BCUT2D eigenvalue weighted by Gasteiger charge is -2.37. The Morgan fingerprint density at radius 2 is 1.85 bits per heavy atom. The lowest BCUT2D eigenvalue weighted by Crippen LogP contribution is -2.51. The Labute approximate surface area is 82.8 Å². The summed E-state index contributed by atoms with van der Waals surface area (Å²) in [5, 5.41) is 0. The quantitative estimate of drug-likeness (QED) is 0.693. The second-order valence-electron chi connectivity index (χ2n) is 4.01. The Morgan fingerprint density at radius 3 is 2.15 bits per heavy atom. The second-order valence-corrected chi connectivity index (χ2v) is 4.01. The van der Waals surface area contributed by atoms with E-state index in [1.165, 1.54) is 0 Å². The van der Waals surface area contributed by atoms with Gasteiger partial charge in [0.05, 0.1) is 5.60 Å². The minimum Gasteiger partial charge on any atom is -0.374 e. The summed E-state index contributed by atoms with van der Waals surface area (Å²) in [5.41, 5.74) is 6.03. The molecule has 3 atom stereocenters. The van der Waals surface area contributed by atoms with E-state index in [-0.39, 0.29) is 11.6 Å². The molecule has 0 amide bonds. The smallest absolute Gasteiger partial charge is 0.0804 e. The molecule has 0 fully saturated rings. The van der Waals surface area contributed by atoms with E-state index in [9.17, 15) is 0 Å². The van der Waals surface area contributed by atoms with Crippen LogP contribution in [0.5, 0.6) is 0 Å². The van der Waals surface area contributed by atoms with Gasteiger partial charge in [0.2, 0.25) is 0 Å². The SMILES string of the molecule is CCOC(C)(CC)C(N)C(C)CC. The number of ether oxygens (including phenoxy) is 1. The van der Waals surface area contributed by atoms with Crippen LogP contribution in [0, 0.1) is 5.92 Å². The van der Waals surface area contributed by atoms with Gasteiger partial charge < -0.3 is 10.5 Å². The first-order chi connectivity index (χ1) is 6.01. The summed E-state index contributed by atoms with van der Waals surface area (Å²) in [6.45, 7) is 11.4. The first-order valence-corrected chi connectivity index (χ1v) is 5.41. The molecule has 3 unspecified atom stereocenters. The fourth-order valence-electron chi connectivity index (χ4n) is 1.62. The molecule has 0 aromatic heterocycles. The number of nitrogens with two attached hydrogens (primary N) is 1. The minimum absolute atomic E-state index is 0.141. The van der Waals surface area contributed by atoms with Crippen LogP contribution < -0.4 is 5.73 Å². The Morgan fingerprint density at radius 1 is 1.31 bits per heavy atom. The van der Waals surface area contributed by atoms with Gasteiger partial charge in [-0.2, -0.15) is 0 Å². The van der Waals surface area contributed by atoms with E-state index in [1.54, 1.807) is 0 Å². The number of rotatable bonds is 6. The standard InChI is InChI=1S/C11H25NO/c1-6-9(4)10(12)11(5,7-2)13-8-3/h9-10H,6-8,12H2,1-5H3. The molecule has 13 heavy (non-hydrogen) atoms.